The maximum absolute atomic E-state index is 13.8. The van der Waals surface area contributed by atoms with Crippen molar-refractivity contribution < 1.29 is 18.7 Å². The van der Waals surface area contributed by atoms with Gasteiger partial charge >= 0.3 is 11.7 Å². The van der Waals surface area contributed by atoms with Crippen molar-refractivity contribution in [3.8, 4) is 11.4 Å². The van der Waals surface area contributed by atoms with E-state index in [0.717, 1.165) is 4.57 Å². The van der Waals surface area contributed by atoms with Crippen molar-refractivity contribution in [3.05, 3.63) is 98.1 Å². The maximum Gasteiger partial charge on any atom is 0.338 e. The fraction of sp³-hybridized carbons (Fsp3) is 0.167. The lowest BCUT2D eigenvalue weighted by atomic mass is 10.1. The van der Waals surface area contributed by atoms with Gasteiger partial charge in [0.2, 0.25) is 0 Å². The highest BCUT2D eigenvalue weighted by atomic mass is 19.1. The van der Waals surface area contributed by atoms with Gasteiger partial charge < -0.3 is 9.47 Å². The molecule has 9 heteroatoms. The number of nitrogens with zero attached hydrogens (tertiary/aromatic N) is 3. The number of ether oxygens (including phenoxy) is 2. The highest BCUT2D eigenvalue weighted by molar-refractivity contribution is 6.02. The summed E-state index contributed by atoms with van der Waals surface area (Å²) in [6.07, 6.45) is 0. The van der Waals surface area contributed by atoms with E-state index in [1.165, 1.54) is 43.1 Å². The molecular weight excluding hydrogens is 429 g/mol. The van der Waals surface area contributed by atoms with Gasteiger partial charge in [0.1, 0.15) is 11.6 Å². The zero-order chi connectivity index (χ0) is 23.7. The fourth-order valence-corrected chi connectivity index (χ4v) is 3.72. The normalized spacial score (nSPS) is 10.9. The molecular formula is C24H20FN3O5. The first-order valence-corrected chi connectivity index (χ1v) is 9.99. The lowest BCUT2D eigenvalue weighted by Crippen LogP contribution is -2.41. The van der Waals surface area contributed by atoms with E-state index >= 15 is 0 Å². The van der Waals surface area contributed by atoms with Crippen molar-refractivity contribution in [2.45, 2.75) is 13.5 Å². The Labute approximate surface area is 187 Å². The molecule has 0 saturated carbocycles. The third-order valence-corrected chi connectivity index (χ3v) is 5.18. The quantitative estimate of drug-likeness (QED) is 0.435. The van der Waals surface area contributed by atoms with Gasteiger partial charge in [-0.2, -0.15) is 0 Å². The highest BCUT2D eigenvalue weighted by Gasteiger charge is 2.24. The van der Waals surface area contributed by atoms with Gasteiger partial charge in [0.15, 0.2) is 5.65 Å². The van der Waals surface area contributed by atoms with Crippen LogP contribution in [0.25, 0.3) is 16.7 Å². The van der Waals surface area contributed by atoms with Crippen LogP contribution >= 0.6 is 0 Å². The number of hydrogen-bond donors (Lipinski definition) is 0. The molecule has 0 N–H and O–H groups in total. The van der Waals surface area contributed by atoms with Crippen LogP contribution in [-0.4, -0.2) is 34.3 Å². The Kier molecular flexibility index (Phi) is 5.78. The number of halogens is 1. The predicted molar refractivity (Wildman–Crippen MR) is 120 cm³/mol. The molecule has 33 heavy (non-hydrogen) atoms. The van der Waals surface area contributed by atoms with Crippen molar-refractivity contribution in [1.29, 1.82) is 0 Å². The molecule has 8 nitrogen and oxygen atoms in total. The summed E-state index contributed by atoms with van der Waals surface area (Å²) in [5.74, 6) is -0.885. The number of esters is 1. The molecule has 2 aromatic carbocycles. The van der Waals surface area contributed by atoms with Crippen molar-refractivity contribution in [2.75, 3.05) is 14.2 Å². The van der Waals surface area contributed by atoms with Crippen molar-refractivity contribution in [1.82, 2.24) is 14.1 Å². The number of fused-ring (bicyclic) bond motifs is 1. The molecule has 0 radical (unpaired) electrons. The minimum absolute atomic E-state index is 0.00890. The van der Waals surface area contributed by atoms with Crippen molar-refractivity contribution in [3.63, 3.8) is 0 Å². The summed E-state index contributed by atoms with van der Waals surface area (Å²) in [6.45, 7) is 1.43. The Morgan fingerprint density at radius 1 is 1.06 bits per heavy atom. The molecule has 0 aliphatic heterocycles. The third kappa shape index (κ3) is 3.89. The van der Waals surface area contributed by atoms with E-state index in [9.17, 15) is 18.8 Å². The van der Waals surface area contributed by atoms with Gasteiger partial charge in [0.25, 0.3) is 5.56 Å². The number of aryl methyl sites for hydroxylation is 1. The van der Waals surface area contributed by atoms with E-state index in [-0.39, 0.29) is 23.1 Å². The molecule has 0 aliphatic carbocycles. The molecule has 0 atom stereocenters. The first kappa shape index (κ1) is 21.9. The summed E-state index contributed by atoms with van der Waals surface area (Å²) in [4.78, 5) is 44.1. The van der Waals surface area contributed by atoms with Crippen LogP contribution in [0, 0.1) is 12.7 Å². The van der Waals surface area contributed by atoms with Gasteiger partial charge in [-0.25, -0.2) is 23.5 Å². The lowest BCUT2D eigenvalue weighted by molar-refractivity contribution is 0.0602. The Morgan fingerprint density at radius 2 is 1.82 bits per heavy atom. The van der Waals surface area contributed by atoms with Gasteiger partial charge in [-0.05, 0) is 42.8 Å². The number of hydrogen-bond acceptors (Lipinski definition) is 6. The molecule has 0 spiro atoms. The first-order chi connectivity index (χ1) is 15.8. The topological polar surface area (TPSA) is 92.4 Å². The van der Waals surface area contributed by atoms with Gasteiger partial charge in [0.05, 0.1) is 37.4 Å². The summed E-state index contributed by atoms with van der Waals surface area (Å²) in [7, 11) is 2.65. The minimum Gasteiger partial charge on any atom is -0.495 e. The fourth-order valence-electron chi connectivity index (χ4n) is 3.72. The van der Waals surface area contributed by atoms with Crippen LogP contribution in [0.4, 0.5) is 4.39 Å². The Morgan fingerprint density at radius 3 is 2.52 bits per heavy atom. The zero-order valence-electron chi connectivity index (χ0n) is 18.2. The monoisotopic (exact) mass is 449 g/mol. The Hall–Kier alpha value is -4.27. The van der Waals surface area contributed by atoms with E-state index in [1.54, 1.807) is 37.3 Å². The molecule has 0 aliphatic rings. The number of para-hydroxylation sites is 2. The van der Waals surface area contributed by atoms with Crippen LogP contribution in [0.1, 0.15) is 21.6 Å². The SMILES string of the molecule is COC(=O)c1cc(C)nc2c1c(=O)n(Cc1cccc(F)c1)c(=O)n2-c1ccccc1OC. The molecule has 0 saturated heterocycles. The standard InChI is InChI=1S/C24H20FN3O5/c1-14-11-17(23(30)33-3)20-21(26-14)28(18-9-4-5-10-19(18)32-2)24(31)27(22(20)29)13-15-7-6-8-16(25)12-15/h4-12H,13H2,1-3H3. The minimum atomic E-state index is -0.745. The summed E-state index contributed by atoms with van der Waals surface area (Å²) in [5, 5.41) is -0.0886. The predicted octanol–water partition coefficient (Wildman–Crippen LogP) is 2.84. The highest BCUT2D eigenvalue weighted by Crippen LogP contribution is 2.25. The number of carbonyl (C=O) groups is 1. The smallest absolute Gasteiger partial charge is 0.338 e. The Bertz CT molecular complexity index is 1510. The summed E-state index contributed by atoms with van der Waals surface area (Å²) in [6, 6.07) is 13.7. The van der Waals surface area contributed by atoms with Crippen LogP contribution in [-0.2, 0) is 11.3 Å². The van der Waals surface area contributed by atoms with Crippen LogP contribution in [0.3, 0.4) is 0 Å². The van der Waals surface area contributed by atoms with Crippen molar-refractivity contribution >= 4 is 17.0 Å². The molecule has 168 valence electrons. The summed E-state index contributed by atoms with van der Waals surface area (Å²) in [5.41, 5.74) is -0.342. The lowest BCUT2D eigenvalue weighted by Gasteiger charge is -2.17. The van der Waals surface area contributed by atoms with Gasteiger partial charge in [-0.1, -0.05) is 24.3 Å². The molecule has 4 aromatic rings. The second-order valence-electron chi connectivity index (χ2n) is 7.31. The second kappa shape index (κ2) is 8.70. The summed E-state index contributed by atoms with van der Waals surface area (Å²) >= 11 is 0. The number of aromatic nitrogens is 3. The molecule has 0 bridgehead atoms. The van der Waals surface area contributed by atoms with Crippen LogP contribution in [0.2, 0.25) is 0 Å². The number of benzene rings is 2. The number of carbonyl (C=O) groups excluding carboxylic acids is 1. The largest absolute Gasteiger partial charge is 0.495 e. The first-order valence-electron chi connectivity index (χ1n) is 9.99. The molecule has 0 amide bonds. The molecule has 2 heterocycles. The average molecular weight is 449 g/mol. The molecule has 4 rings (SSSR count). The number of methoxy groups -OCH3 is 2. The van der Waals surface area contributed by atoms with E-state index < -0.39 is 23.0 Å². The zero-order valence-corrected chi connectivity index (χ0v) is 18.2. The van der Waals surface area contributed by atoms with E-state index in [1.807, 2.05) is 0 Å². The second-order valence-corrected chi connectivity index (χ2v) is 7.31. The molecule has 0 fully saturated rings. The maximum atomic E-state index is 13.8. The molecule has 0 unspecified atom stereocenters. The van der Waals surface area contributed by atoms with Crippen molar-refractivity contribution in [2.24, 2.45) is 0 Å². The van der Waals surface area contributed by atoms with E-state index in [2.05, 4.69) is 4.98 Å². The summed E-state index contributed by atoms with van der Waals surface area (Å²) < 4.78 is 26.2. The van der Waals surface area contributed by atoms with Gasteiger partial charge in [0, 0.05) is 5.69 Å². The number of rotatable bonds is 5. The van der Waals surface area contributed by atoms with E-state index in [4.69, 9.17) is 9.47 Å². The average Bonchev–Trinajstić information content (AvgIpc) is 2.81. The third-order valence-electron chi connectivity index (χ3n) is 5.18. The van der Waals surface area contributed by atoms with Crippen LogP contribution in [0.15, 0.2) is 64.2 Å². The van der Waals surface area contributed by atoms with Gasteiger partial charge in [-0.15, -0.1) is 0 Å². The Balaban J connectivity index is 2.17. The number of pyridine rings is 1. The van der Waals surface area contributed by atoms with E-state index in [0.29, 0.717) is 22.7 Å². The van der Waals surface area contributed by atoms with Crippen LogP contribution < -0.4 is 16.0 Å². The van der Waals surface area contributed by atoms with Crippen LogP contribution in [0.5, 0.6) is 5.75 Å². The van der Waals surface area contributed by atoms with Gasteiger partial charge in [-0.3, -0.25) is 9.36 Å². The molecule has 2 aromatic heterocycles.